The van der Waals surface area contributed by atoms with Gasteiger partial charge in [0.15, 0.2) is 0 Å². The summed E-state index contributed by atoms with van der Waals surface area (Å²) >= 11 is 5.89. The van der Waals surface area contributed by atoms with Crippen molar-refractivity contribution in [3.8, 4) is 0 Å². The van der Waals surface area contributed by atoms with Crippen molar-refractivity contribution < 1.29 is 13.2 Å². The van der Waals surface area contributed by atoms with Crippen LogP contribution in [0.25, 0.3) is 0 Å². The van der Waals surface area contributed by atoms with Crippen LogP contribution in [0.15, 0.2) is 23.1 Å². The summed E-state index contributed by atoms with van der Waals surface area (Å²) in [6.45, 7) is 4.59. The topological polar surface area (TPSA) is 89.3 Å². The molecule has 106 valence electrons. The number of hydrogen-bond acceptors (Lipinski definition) is 3. The smallest absolute Gasteiger partial charge is 0.252 e. The van der Waals surface area contributed by atoms with Crippen molar-refractivity contribution in [1.82, 2.24) is 5.32 Å². The largest absolute Gasteiger partial charge is 0.352 e. The summed E-state index contributed by atoms with van der Waals surface area (Å²) in [5.41, 5.74) is 0.108. The molecule has 0 heterocycles. The van der Waals surface area contributed by atoms with Gasteiger partial charge in [0.25, 0.3) is 5.91 Å². The van der Waals surface area contributed by atoms with Gasteiger partial charge >= 0.3 is 0 Å². The maximum absolute atomic E-state index is 11.9. The van der Waals surface area contributed by atoms with Crippen LogP contribution in [0.3, 0.4) is 0 Å². The van der Waals surface area contributed by atoms with Crippen LogP contribution in [0, 0.1) is 5.92 Å². The Kier molecular flexibility index (Phi) is 5.34. The fourth-order valence-corrected chi connectivity index (χ4v) is 2.17. The van der Waals surface area contributed by atoms with Gasteiger partial charge in [-0.3, -0.25) is 4.79 Å². The molecule has 3 N–H and O–H groups in total. The van der Waals surface area contributed by atoms with E-state index in [9.17, 15) is 13.2 Å². The molecule has 0 atom stereocenters. The lowest BCUT2D eigenvalue weighted by molar-refractivity contribution is 0.0952. The second kappa shape index (κ2) is 6.36. The van der Waals surface area contributed by atoms with Crippen LogP contribution < -0.4 is 10.5 Å². The lowest BCUT2D eigenvalue weighted by Crippen LogP contribution is -2.26. The first-order valence-corrected chi connectivity index (χ1v) is 7.75. The molecular weight excluding hydrogens is 288 g/mol. The van der Waals surface area contributed by atoms with Crippen LogP contribution in [0.1, 0.15) is 30.6 Å². The highest BCUT2D eigenvalue weighted by atomic mass is 35.5. The Labute approximate surface area is 118 Å². The van der Waals surface area contributed by atoms with Gasteiger partial charge in [0.2, 0.25) is 10.0 Å². The number of carbonyl (C=O) groups is 1. The van der Waals surface area contributed by atoms with Crippen molar-refractivity contribution in [3.63, 3.8) is 0 Å². The SMILES string of the molecule is CC(C)CCNC(=O)c1cc(S(N)(=O)=O)ccc1Cl. The van der Waals surface area contributed by atoms with Crippen LogP contribution in [-0.4, -0.2) is 20.9 Å². The standard InChI is InChI=1S/C12H17ClN2O3S/c1-8(2)5-6-15-12(16)10-7-9(19(14,17)18)3-4-11(10)13/h3-4,7-8H,5-6H2,1-2H3,(H,15,16)(H2,14,17,18). The lowest BCUT2D eigenvalue weighted by Gasteiger charge is -2.09. The van der Waals surface area contributed by atoms with Gasteiger partial charge in [0, 0.05) is 6.54 Å². The fraction of sp³-hybridized carbons (Fsp3) is 0.417. The number of nitrogens with one attached hydrogen (secondary N) is 1. The molecule has 0 aliphatic rings. The first-order valence-electron chi connectivity index (χ1n) is 5.82. The normalized spacial score (nSPS) is 11.6. The summed E-state index contributed by atoms with van der Waals surface area (Å²) in [6, 6.07) is 3.80. The second-order valence-corrected chi connectivity index (χ2v) is 6.59. The third-order valence-corrected chi connectivity index (χ3v) is 3.76. The van der Waals surface area contributed by atoms with Crippen LogP contribution in [0.5, 0.6) is 0 Å². The molecule has 0 aliphatic carbocycles. The van der Waals surface area contributed by atoms with Gasteiger partial charge in [-0.15, -0.1) is 0 Å². The highest BCUT2D eigenvalue weighted by molar-refractivity contribution is 7.89. The highest BCUT2D eigenvalue weighted by Crippen LogP contribution is 2.19. The van der Waals surface area contributed by atoms with E-state index in [0.29, 0.717) is 12.5 Å². The van der Waals surface area contributed by atoms with Crippen LogP contribution >= 0.6 is 11.6 Å². The van der Waals surface area contributed by atoms with Gasteiger partial charge in [-0.05, 0) is 30.5 Å². The number of amides is 1. The number of sulfonamides is 1. The van der Waals surface area contributed by atoms with Crippen molar-refractivity contribution >= 4 is 27.5 Å². The molecule has 5 nitrogen and oxygen atoms in total. The molecule has 7 heteroatoms. The summed E-state index contributed by atoms with van der Waals surface area (Å²) in [7, 11) is -3.85. The Morgan fingerprint density at radius 2 is 2.05 bits per heavy atom. The van der Waals surface area contributed by atoms with E-state index >= 15 is 0 Å². The first-order chi connectivity index (χ1) is 8.71. The number of rotatable bonds is 5. The van der Waals surface area contributed by atoms with Gasteiger partial charge in [0.1, 0.15) is 0 Å². The molecule has 0 fully saturated rings. The van der Waals surface area contributed by atoms with Gasteiger partial charge in [0.05, 0.1) is 15.5 Å². The fourth-order valence-electron chi connectivity index (χ4n) is 1.42. The number of benzene rings is 1. The van der Waals surface area contributed by atoms with E-state index in [-0.39, 0.29) is 15.5 Å². The minimum absolute atomic E-state index is 0.108. The van der Waals surface area contributed by atoms with E-state index in [4.69, 9.17) is 16.7 Å². The molecular formula is C12H17ClN2O3S. The second-order valence-electron chi connectivity index (χ2n) is 4.63. The molecule has 1 rings (SSSR count). The predicted octanol–water partition coefficient (Wildman–Crippen LogP) is 1.76. The maximum Gasteiger partial charge on any atom is 0.252 e. The van der Waals surface area contributed by atoms with E-state index in [1.807, 2.05) is 13.8 Å². The highest BCUT2D eigenvalue weighted by Gasteiger charge is 2.15. The molecule has 0 aromatic heterocycles. The summed E-state index contributed by atoms with van der Waals surface area (Å²) in [5, 5.41) is 7.89. The summed E-state index contributed by atoms with van der Waals surface area (Å²) in [6.07, 6.45) is 0.832. The maximum atomic E-state index is 11.9. The van der Waals surface area contributed by atoms with E-state index in [0.717, 1.165) is 6.42 Å². The molecule has 0 bridgehead atoms. The van der Waals surface area contributed by atoms with Gasteiger partial charge < -0.3 is 5.32 Å². The number of nitrogens with two attached hydrogens (primary N) is 1. The molecule has 0 radical (unpaired) electrons. The number of primary sulfonamides is 1. The van der Waals surface area contributed by atoms with Crippen molar-refractivity contribution in [2.24, 2.45) is 11.1 Å². The zero-order chi connectivity index (χ0) is 14.6. The predicted molar refractivity (Wildman–Crippen MR) is 74.6 cm³/mol. The van der Waals surface area contributed by atoms with Crippen molar-refractivity contribution in [1.29, 1.82) is 0 Å². The molecule has 0 saturated heterocycles. The summed E-state index contributed by atoms with van der Waals surface area (Å²) in [5.74, 6) is 0.0580. The Balaban J connectivity index is 2.90. The Morgan fingerprint density at radius 1 is 1.42 bits per heavy atom. The number of halogens is 1. The number of hydrogen-bond donors (Lipinski definition) is 2. The zero-order valence-corrected chi connectivity index (χ0v) is 12.4. The minimum Gasteiger partial charge on any atom is -0.352 e. The van der Waals surface area contributed by atoms with Crippen LogP contribution in [0.4, 0.5) is 0 Å². The molecule has 0 saturated carbocycles. The van der Waals surface area contributed by atoms with Gasteiger partial charge in [-0.2, -0.15) is 0 Å². The minimum atomic E-state index is -3.85. The van der Waals surface area contributed by atoms with Crippen LogP contribution in [-0.2, 0) is 10.0 Å². The Bertz CT molecular complexity index is 570. The average molecular weight is 305 g/mol. The van der Waals surface area contributed by atoms with Gasteiger partial charge in [-0.25, -0.2) is 13.6 Å². The third kappa shape index (κ3) is 4.81. The van der Waals surface area contributed by atoms with E-state index < -0.39 is 15.9 Å². The Morgan fingerprint density at radius 3 is 2.58 bits per heavy atom. The first kappa shape index (κ1) is 15.9. The van der Waals surface area contributed by atoms with Crippen molar-refractivity contribution in [3.05, 3.63) is 28.8 Å². The third-order valence-electron chi connectivity index (χ3n) is 2.52. The van der Waals surface area contributed by atoms with E-state index in [1.165, 1.54) is 18.2 Å². The molecule has 19 heavy (non-hydrogen) atoms. The molecule has 1 amide bonds. The summed E-state index contributed by atoms with van der Waals surface area (Å²) < 4.78 is 22.5. The quantitative estimate of drug-likeness (QED) is 0.868. The van der Waals surface area contributed by atoms with E-state index in [2.05, 4.69) is 5.32 Å². The zero-order valence-electron chi connectivity index (χ0n) is 10.8. The van der Waals surface area contributed by atoms with Gasteiger partial charge in [-0.1, -0.05) is 25.4 Å². The molecule has 0 unspecified atom stereocenters. The number of carbonyl (C=O) groups excluding carboxylic acids is 1. The van der Waals surface area contributed by atoms with Crippen molar-refractivity contribution in [2.75, 3.05) is 6.54 Å². The lowest BCUT2D eigenvalue weighted by atomic mass is 10.1. The molecule has 0 aliphatic heterocycles. The van der Waals surface area contributed by atoms with Crippen LogP contribution in [0.2, 0.25) is 5.02 Å². The monoisotopic (exact) mass is 304 g/mol. The molecule has 0 spiro atoms. The van der Waals surface area contributed by atoms with Crippen molar-refractivity contribution in [2.45, 2.75) is 25.2 Å². The molecule has 1 aromatic rings. The average Bonchev–Trinajstić information content (AvgIpc) is 2.27. The molecule has 1 aromatic carbocycles. The van der Waals surface area contributed by atoms with E-state index in [1.54, 1.807) is 0 Å². The summed E-state index contributed by atoms with van der Waals surface area (Å²) in [4.78, 5) is 11.8. The Hall–Kier alpha value is -1.11.